The van der Waals surface area contributed by atoms with E-state index < -0.39 is 27.7 Å². The number of halogens is 3. The number of anilines is 2. The number of aromatic nitrogens is 3. The van der Waals surface area contributed by atoms with E-state index in [9.17, 15) is 26.4 Å². The standard InChI is InChI=1S/C25H24F3N7O3S/c1-39(37,38)35-8-6-34(7-9-35)16-19-4-5-21(11-22(19)25(26,27)28)33-23(36)20-10-17(12-30-15-20)2-3-18-13-31-24(29)32-14-18/h4-5,10-15H,6-9,16H2,1H3,(H,33,36)(H2,29,31,32). The first-order chi connectivity index (χ1) is 18.4. The molecule has 0 atom stereocenters. The van der Waals surface area contributed by atoms with Crippen LogP contribution in [0.25, 0.3) is 0 Å². The zero-order valence-electron chi connectivity index (χ0n) is 20.7. The number of sulfonamides is 1. The first kappa shape index (κ1) is 28.0. The first-order valence-corrected chi connectivity index (χ1v) is 13.5. The van der Waals surface area contributed by atoms with Crippen LogP contribution < -0.4 is 11.1 Å². The van der Waals surface area contributed by atoms with Crippen molar-refractivity contribution in [3.05, 3.63) is 76.9 Å². The summed E-state index contributed by atoms with van der Waals surface area (Å²) in [5.41, 5.74) is 5.56. The molecule has 1 aliphatic rings. The molecular formula is C25H24F3N7O3S. The lowest BCUT2D eigenvalue weighted by Crippen LogP contribution is -2.47. The summed E-state index contributed by atoms with van der Waals surface area (Å²) >= 11 is 0. The molecule has 0 saturated carbocycles. The van der Waals surface area contributed by atoms with E-state index in [0.717, 1.165) is 12.3 Å². The van der Waals surface area contributed by atoms with Crippen LogP contribution in [0.15, 0.2) is 49.1 Å². The molecule has 3 heterocycles. The van der Waals surface area contributed by atoms with Crippen LogP contribution in [-0.2, 0) is 22.7 Å². The summed E-state index contributed by atoms with van der Waals surface area (Å²) in [6.07, 6.45) is 2.05. The quantitative estimate of drug-likeness (QED) is 0.455. The van der Waals surface area contributed by atoms with Crippen LogP contribution >= 0.6 is 0 Å². The molecule has 0 aliphatic carbocycles. The van der Waals surface area contributed by atoms with E-state index in [1.807, 2.05) is 0 Å². The van der Waals surface area contributed by atoms with Crippen molar-refractivity contribution in [1.29, 1.82) is 0 Å². The van der Waals surface area contributed by atoms with E-state index >= 15 is 0 Å². The SMILES string of the molecule is CS(=O)(=O)N1CCN(Cc2ccc(NC(=O)c3cncc(C#Cc4cnc(N)nc4)c3)cc2C(F)(F)F)CC1. The zero-order chi connectivity index (χ0) is 28.2. The van der Waals surface area contributed by atoms with Crippen LogP contribution in [0.3, 0.4) is 0 Å². The number of nitrogens with two attached hydrogens (primary N) is 1. The maximum atomic E-state index is 13.9. The molecule has 0 unspecified atom stereocenters. The van der Waals surface area contributed by atoms with Crippen LogP contribution in [0, 0.1) is 11.8 Å². The molecular weight excluding hydrogens is 535 g/mol. The van der Waals surface area contributed by atoms with E-state index in [1.165, 1.54) is 47.3 Å². The van der Waals surface area contributed by atoms with Gasteiger partial charge in [0.05, 0.1) is 22.9 Å². The Hall–Kier alpha value is -4.06. The highest BCUT2D eigenvalue weighted by Gasteiger charge is 2.34. The largest absolute Gasteiger partial charge is 0.416 e. The number of nitrogens with zero attached hydrogens (tertiary/aromatic N) is 5. The number of pyridine rings is 1. The van der Waals surface area contributed by atoms with Gasteiger partial charge in [0.1, 0.15) is 0 Å². The van der Waals surface area contributed by atoms with Gasteiger partial charge < -0.3 is 11.1 Å². The van der Waals surface area contributed by atoms with E-state index in [2.05, 4.69) is 32.1 Å². The number of amides is 1. The van der Waals surface area contributed by atoms with Gasteiger partial charge in [-0.25, -0.2) is 18.4 Å². The highest BCUT2D eigenvalue weighted by Crippen LogP contribution is 2.34. The van der Waals surface area contributed by atoms with Gasteiger partial charge in [0.25, 0.3) is 5.91 Å². The van der Waals surface area contributed by atoms with Gasteiger partial charge in [-0.15, -0.1) is 0 Å². The number of alkyl halides is 3. The summed E-state index contributed by atoms with van der Waals surface area (Å²) in [6, 6.07) is 5.06. The molecule has 0 radical (unpaired) electrons. The van der Waals surface area contributed by atoms with Gasteiger partial charge in [-0.3, -0.25) is 14.7 Å². The molecule has 1 fully saturated rings. The Bertz CT molecular complexity index is 1530. The summed E-state index contributed by atoms with van der Waals surface area (Å²) in [5, 5.41) is 2.48. The first-order valence-electron chi connectivity index (χ1n) is 11.6. The molecule has 3 N–H and O–H groups in total. The molecule has 0 bridgehead atoms. The summed E-state index contributed by atoms with van der Waals surface area (Å²) in [6.45, 7) is 1.02. The number of hydrogen-bond donors (Lipinski definition) is 2. The molecule has 1 amide bonds. The number of benzene rings is 1. The van der Waals surface area contributed by atoms with Gasteiger partial charge in [0.2, 0.25) is 16.0 Å². The van der Waals surface area contributed by atoms with E-state index in [-0.39, 0.29) is 42.4 Å². The maximum absolute atomic E-state index is 13.9. The summed E-state index contributed by atoms with van der Waals surface area (Å²) in [7, 11) is -3.35. The highest BCUT2D eigenvalue weighted by atomic mass is 32.2. The molecule has 1 aromatic carbocycles. The van der Waals surface area contributed by atoms with Crippen molar-refractivity contribution in [3.8, 4) is 11.8 Å². The van der Waals surface area contributed by atoms with Crippen LogP contribution in [0.1, 0.15) is 32.6 Å². The average Bonchev–Trinajstić information content (AvgIpc) is 2.88. The van der Waals surface area contributed by atoms with Crippen LogP contribution in [-0.4, -0.2) is 70.9 Å². The van der Waals surface area contributed by atoms with Crippen molar-refractivity contribution in [1.82, 2.24) is 24.2 Å². The van der Waals surface area contributed by atoms with E-state index in [4.69, 9.17) is 5.73 Å². The Morgan fingerprint density at radius 1 is 1.03 bits per heavy atom. The fourth-order valence-corrected chi connectivity index (χ4v) is 4.73. The third-order valence-electron chi connectivity index (χ3n) is 5.89. The minimum atomic E-state index is -4.66. The fraction of sp³-hybridized carbons (Fsp3) is 0.280. The summed E-state index contributed by atoms with van der Waals surface area (Å²) in [4.78, 5) is 26.2. The number of carbonyl (C=O) groups is 1. The number of nitrogen functional groups attached to an aromatic ring is 1. The lowest BCUT2D eigenvalue weighted by atomic mass is 10.0. The Morgan fingerprint density at radius 2 is 1.69 bits per heavy atom. The normalized spacial score (nSPS) is 14.9. The second-order valence-corrected chi connectivity index (χ2v) is 10.8. The van der Waals surface area contributed by atoms with Gasteiger partial charge in [0.15, 0.2) is 0 Å². The lowest BCUT2D eigenvalue weighted by Gasteiger charge is -2.33. The van der Waals surface area contributed by atoms with Gasteiger partial charge in [-0.05, 0) is 23.8 Å². The second kappa shape index (κ2) is 11.4. The van der Waals surface area contributed by atoms with Crippen molar-refractivity contribution in [2.75, 3.05) is 43.5 Å². The molecule has 4 rings (SSSR count). The predicted octanol–water partition coefficient (Wildman–Crippen LogP) is 2.20. The number of rotatable bonds is 5. The molecule has 3 aromatic rings. The molecule has 1 aliphatic heterocycles. The van der Waals surface area contributed by atoms with Crippen molar-refractivity contribution in [2.24, 2.45) is 0 Å². The van der Waals surface area contributed by atoms with Crippen LogP contribution in [0.4, 0.5) is 24.8 Å². The average molecular weight is 560 g/mol. The van der Waals surface area contributed by atoms with Crippen LogP contribution in [0.2, 0.25) is 0 Å². The Balaban J connectivity index is 1.47. The zero-order valence-corrected chi connectivity index (χ0v) is 21.6. The maximum Gasteiger partial charge on any atom is 0.416 e. The minimum Gasteiger partial charge on any atom is -0.368 e. The van der Waals surface area contributed by atoms with Crippen LogP contribution in [0.5, 0.6) is 0 Å². The molecule has 204 valence electrons. The Kier molecular flexibility index (Phi) is 8.14. The lowest BCUT2D eigenvalue weighted by molar-refractivity contribution is -0.138. The fourth-order valence-electron chi connectivity index (χ4n) is 3.90. The molecule has 1 saturated heterocycles. The topological polar surface area (TPSA) is 134 Å². The summed E-state index contributed by atoms with van der Waals surface area (Å²) in [5.74, 6) is 5.09. The van der Waals surface area contributed by atoms with Crippen molar-refractivity contribution >= 4 is 27.6 Å². The van der Waals surface area contributed by atoms with E-state index in [0.29, 0.717) is 24.2 Å². The number of carbonyl (C=O) groups excluding carboxylic acids is 1. The second-order valence-electron chi connectivity index (χ2n) is 8.80. The van der Waals surface area contributed by atoms with Crippen molar-refractivity contribution in [3.63, 3.8) is 0 Å². The van der Waals surface area contributed by atoms with Gasteiger partial charge in [-0.1, -0.05) is 17.9 Å². The molecule has 39 heavy (non-hydrogen) atoms. The molecule has 0 spiro atoms. The van der Waals surface area contributed by atoms with Gasteiger partial charge >= 0.3 is 6.18 Å². The smallest absolute Gasteiger partial charge is 0.368 e. The predicted molar refractivity (Wildman–Crippen MR) is 138 cm³/mol. The van der Waals surface area contributed by atoms with Crippen molar-refractivity contribution < 1.29 is 26.4 Å². The van der Waals surface area contributed by atoms with Gasteiger partial charge in [0, 0.05) is 68.8 Å². The molecule has 2 aromatic heterocycles. The summed E-state index contributed by atoms with van der Waals surface area (Å²) < 4.78 is 66.4. The third-order valence-corrected chi connectivity index (χ3v) is 7.19. The Morgan fingerprint density at radius 3 is 2.33 bits per heavy atom. The Labute approximate surface area is 223 Å². The minimum absolute atomic E-state index is 0.00957. The number of nitrogens with one attached hydrogen (secondary N) is 1. The number of hydrogen-bond acceptors (Lipinski definition) is 8. The third kappa shape index (κ3) is 7.50. The van der Waals surface area contributed by atoms with Crippen molar-refractivity contribution in [2.45, 2.75) is 12.7 Å². The van der Waals surface area contributed by atoms with Gasteiger partial charge in [-0.2, -0.15) is 17.5 Å². The monoisotopic (exact) mass is 559 g/mol. The van der Waals surface area contributed by atoms with E-state index in [1.54, 1.807) is 4.90 Å². The highest BCUT2D eigenvalue weighted by molar-refractivity contribution is 7.88. The molecule has 14 heteroatoms. The number of piperazine rings is 1. The molecule has 10 nitrogen and oxygen atoms in total.